The van der Waals surface area contributed by atoms with Crippen LogP contribution in [0.15, 0.2) is 24.7 Å². The first kappa shape index (κ1) is 9.88. The number of pyridine rings is 1. The zero-order valence-electron chi connectivity index (χ0n) is 8.55. The molecule has 2 heterocycles. The Labute approximate surface area is 92.2 Å². The number of hydrogen-bond acceptors (Lipinski definition) is 4. The summed E-state index contributed by atoms with van der Waals surface area (Å²) in [6.45, 7) is 1.86. The summed E-state index contributed by atoms with van der Waals surface area (Å²) in [6.07, 6.45) is 3.11. The van der Waals surface area contributed by atoms with E-state index in [9.17, 15) is 0 Å². The van der Waals surface area contributed by atoms with Gasteiger partial charge in [0, 0.05) is 11.9 Å². The van der Waals surface area contributed by atoms with E-state index in [1.165, 1.54) is 6.33 Å². The van der Waals surface area contributed by atoms with Gasteiger partial charge in [0.15, 0.2) is 11.4 Å². The molecule has 76 valence electrons. The first-order valence-corrected chi connectivity index (χ1v) is 4.57. The van der Waals surface area contributed by atoms with Crippen molar-refractivity contribution in [1.82, 2.24) is 14.5 Å². The third-order valence-electron chi connectivity index (χ3n) is 2.14. The number of rotatable bonds is 1. The maximum Gasteiger partial charge on any atom is 0.177 e. The highest BCUT2D eigenvalue weighted by Gasteiger charge is 2.11. The van der Waals surface area contributed by atoms with Crippen molar-refractivity contribution in [3.05, 3.63) is 41.7 Å². The first-order valence-electron chi connectivity index (χ1n) is 4.57. The molecule has 0 radical (unpaired) electrons. The van der Waals surface area contributed by atoms with E-state index < -0.39 is 0 Å². The highest BCUT2D eigenvalue weighted by molar-refractivity contribution is 5.44. The van der Waals surface area contributed by atoms with Crippen LogP contribution >= 0.6 is 0 Å². The van der Waals surface area contributed by atoms with E-state index in [-0.39, 0.29) is 11.4 Å². The molecule has 0 atom stereocenters. The summed E-state index contributed by atoms with van der Waals surface area (Å²) < 4.78 is 1.58. The second kappa shape index (κ2) is 3.84. The van der Waals surface area contributed by atoms with Gasteiger partial charge in [0.05, 0.1) is 5.69 Å². The van der Waals surface area contributed by atoms with E-state index in [1.54, 1.807) is 16.8 Å². The normalized spacial score (nSPS) is 9.44. The second-order valence-electron chi connectivity index (χ2n) is 3.19. The topological polar surface area (TPSA) is 78.3 Å². The monoisotopic (exact) mass is 209 g/mol. The summed E-state index contributed by atoms with van der Waals surface area (Å²) in [5.74, 6) is 0. The van der Waals surface area contributed by atoms with E-state index >= 15 is 0 Å². The Morgan fingerprint density at radius 2 is 2.06 bits per heavy atom. The molecule has 0 unspecified atom stereocenters. The predicted molar refractivity (Wildman–Crippen MR) is 55.5 cm³/mol. The van der Waals surface area contributed by atoms with Crippen molar-refractivity contribution in [2.24, 2.45) is 0 Å². The Morgan fingerprint density at radius 3 is 2.69 bits per heavy atom. The number of aryl methyl sites for hydroxylation is 1. The maximum atomic E-state index is 8.97. The number of aromatic nitrogens is 3. The van der Waals surface area contributed by atoms with Gasteiger partial charge in [0.25, 0.3) is 0 Å². The van der Waals surface area contributed by atoms with Gasteiger partial charge >= 0.3 is 0 Å². The summed E-state index contributed by atoms with van der Waals surface area (Å²) in [5.41, 5.74) is 2.00. The van der Waals surface area contributed by atoms with Crippen molar-refractivity contribution >= 4 is 0 Å². The van der Waals surface area contributed by atoms with Crippen LogP contribution in [0.5, 0.6) is 0 Å². The van der Waals surface area contributed by atoms with Gasteiger partial charge in [-0.25, -0.2) is 4.98 Å². The lowest BCUT2D eigenvalue weighted by molar-refractivity contribution is 1.02. The molecule has 0 aromatic carbocycles. The number of nitriles is 2. The van der Waals surface area contributed by atoms with Crippen molar-refractivity contribution in [3.63, 3.8) is 0 Å². The van der Waals surface area contributed by atoms with E-state index in [0.717, 1.165) is 11.4 Å². The third-order valence-corrected chi connectivity index (χ3v) is 2.14. The molecule has 16 heavy (non-hydrogen) atoms. The lowest BCUT2D eigenvalue weighted by atomic mass is 10.3. The standard InChI is InChI=1S/C11H7N5/c1-8-4-9(2-3-14-8)16-7-15-10(5-12)11(16)6-13/h2-4,7H,1H3. The minimum atomic E-state index is 0.136. The number of imidazole rings is 1. The molecular formula is C11H7N5. The van der Waals surface area contributed by atoms with Crippen molar-refractivity contribution < 1.29 is 0 Å². The van der Waals surface area contributed by atoms with Crippen LogP contribution < -0.4 is 0 Å². The van der Waals surface area contributed by atoms with Crippen LogP contribution in [0.3, 0.4) is 0 Å². The molecule has 5 nitrogen and oxygen atoms in total. The van der Waals surface area contributed by atoms with Gasteiger partial charge in [0.2, 0.25) is 0 Å². The van der Waals surface area contributed by atoms with Crippen molar-refractivity contribution in [2.45, 2.75) is 6.92 Å². The minimum Gasteiger partial charge on any atom is -0.289 e. The van der Waals surface area contributed by atoms with E-state index in [0.29, 0.717) is 0 Å². The Balaban J connectivity index is 2.63. The van der Waals surface area contributed by atoms with Crippen molar-refractivity contribution in [2.75, 3.05) is 0 Å². The molecule has 0 bridgehead atoms. The molecule has 0 amide bonds. The zero-order chi connectivity index (χ0) is 11.5. The lowest BCUT2D eigenvalue weighted by Crippen LogP contribution is -1.97. The van der Waals surface area contributed by atoms with Gasteiger partial charge in [-0.3, -0.25) is 9.55 Å². The summed E-state index contributed by atoms with van der Waals surface area (Å²) in [4.78, 5) is 7.94. The quantitative estimate of drug-likeness (QED) is 0.709. The van der Waals surface area contributed by atoms with Crippen LogP contribution in [0.1, 0.15) is 17.1 Å². The SMILES string of the molecule is Cc1cc(-n2cnc(C#N)c2C#N)ccn1. The van der Waals surface area contributed by atoms with Crippen molar-refractivity contribution in [3.8, 4) is 17.8 Å². The largest absolute Gasteiger partial charge is 0.289 e. The summed E-state index contributed by atoms with van der Waals surface area (Å²) in [6, 6.07) is 7.44. The van der Waals surface area contributed by atoms with Gasteiger partial charge in [-0.05, 0) is 19.1 Å². The van der Waals surface area contributed by atoms with Crippen LogP contribution in [0.25, 0.3) is 5.69 Å². The molecule has 2 aromatic heterocycles. The Morgan fingerprint density at radius 1 is 1.25 bits per heavy atom. The smallest absolute Gasteiger partial charge is 0.177 e. The molecule has 0 aliphatic heterocycles. The Bertz CT molecular complexity index is 612. The second-order valence-corrected chi connectivity index (χ2v) is 3.19. The van der Waals surface area contributed by atoms with E-state index in [2.05, 4.69) is 9.97 Å². The molecule has 2 aromatic rings. The summed E-state index contributed by atoms with van der Waals surface area (Å²) >= 11 is 0. The fourth-order valence-electron chi connectivity index (χ4n) is 1.41. The number of hydrogen-bond donors (Lipinski definition) is 0. The molecule has 0 saturated carbocycles. The fourth-order valence-corrected chi connectivity index (χ4v) is 1.41. The molecule has 2 rings (SSSR count). The third kappa shape index (κ3) is 1.51. The molecule has 0 aliphatic rings. The zero-order valence-corrected chi connectivity index (χ0v) is 8.55. The van der Waals surface area contributed by atoms with E-state index in [4.69, 9.17) is 10.5 Å². The average Bonchev–Trinajstić information content (AvgIpc) is 2.71. The van der Waals surface area contributed by atoms with Gasteiger partial charge < -0.3 is 0 Å². The van der Waals surface area contributed by atoms with Crippen LogP contribution in [0, 0.1) is 29.6 Å². The molecule has 0 spiro atoms. The van der Waals surface area contributed by atoms with Gasteiger partial charge in [-0.15, -0.1) is 0 Å². The summed E-state index contributed by atoms with van der Waals surface area (Å²) in [5, 5.41) is 17.7. The lowest BCUT2D eigenvalue weighted by Gasteiger charge is -2.03. The van der Waals surface area contributed by atoms with E-state index in [1.807, 2.05) is 25.1 Å². The van der Waals surface area contributed by atoms with Crippen molar-refractivity contribution in [1.29, 1.82) is 10.5 Å². The van der Waals surface area contributed by atoms with Gasteiger partial charge in [-0.1, -0.05) is 0 Å². The molecule has 0 aliphatic carbocycles. The Hall–Kier alpha value is -2.66. The van der Waals surface area contributed by atoms with Crippen LogP contribution in [-0.4, -0.2) is 14.5 Å². The highest BCUT2D eigenvalue weighted by Crippen LogP contribution is 2.13. The average molecular weight is 209 g/mol. The highest BCUT2D eigenvalue weighted by atomic mass is 15.1. The molecular weight excluding hydrogens is 202 g/mol. The maximum absolute atomic E-state index is 8.97. The first-order chi connectivity index (χ1) is 7.76. The van der Waals surface area contributed by atoms with Gasteiger partial charge in [-0.2, -0.15) is 10.5 Å². The molecule has 0 N–H and O–H groups in total. The van der Waals surface area contributed by atoms with Crippen LogP contribution in [0.2, 0.25) is 0 Å². The summed E-state index contributed by atoms with van der Waals surface area (Å²) in [7, 11) is 0. The van der Waals surface area contributed by atoms with Crippen LogP contribution in [0.4, 0.5) is 0 Å². The molecule has 0 fully saturated rings. The fraction of sp³-hybridized carbons (Fsp3) is 0.0909. The predicted octanol–water partition coefficient (Wildman–Crippen LogP) is 1.32. The number of nitrogens with zero attached hydrogens (tertiary/aromatic N) is 5. The van der Waals surface area contributed by atoms with Crippen LogP contribution in [-0.2, 0) is 0 Å². The Kier molecular flexibility index (Phi) is 2.37. The minimum absolute atomic E-state index is 0.136. The molecule has 5 heteroatoms. The van der Waals surface area contributed by atoms with Gasteiger partial charge in [0.1, 0.15) is 18.5 Å². The molecule has 0 saturated heterocycles.